The monoisotopic (exact) mass is 198 g/mol. The van der Waals surface area contributed by atoms with Crippen LogP contribution in [0.3, 0.4) is 0 Å². The molecule has 0 aromatic carbocycles. The zero-order chi connectivity index (χ0) is 10.6. The second-order valence-corrected chi connectivity index (χ2v) is 3.87. The van der Waals surface area contributed by atoms with Crippen LogP contribution >= 0.6 is 0 Å². The van der Waals surface area contributed by atoms with Crippen LogP contribution in [-0.4, -0.2) is 6.61 Å². The smallest absolute Gasteiger partial charge is 0.0886 e. The molecule has 0 aliphatic carbocycles. The molecule has 0 unspecified atom stereocenters. The van der Waals surface area contributed by atoms with E-state index in [-0.39, 0.29) is 0 Å². The fourth-order valence-corrected chi connectivity index (χ4v) is 1.38. The Balaban J connectivity index is 2.99. The summed E-state index contributed by atoms with van der Waals surface area (Å²) in [7, 11) is 0. The first-order chi connectivity index (χ1) is 6.81. The van der Waals surface area contributed by atoms with E-state index in [2.05, 4.69) is 6.92 Å². The molecule has 0 spiro atoms. The van der Waals surface area contributed by atoms with Crippen LogP contribution in [0, 0.1) is 0 Å². The average Bonchev–Trinajstić information content (AvgIpc) is 2.21. The lowest BCUT2D eigenvalue weighted by atomic mass is 10.1. The molecule has 84 valence electrons. The van der Waals surface area contributed by atoms with Crippen LogP contribution in [0.2, 0.25) is 0 Å². The lowest BCUT2D eigenvalue weighted by Crippen LogP contribution is -1.92. The molecule has 14 heavy (non-hydrogen) atoms. The highest BCUT2D eigenvalue weighted by molar-refractivity contribution is 4.83. The van der Waals surface area contributed by atoms with Crippen molar-refractivity contribution in [3.8, 4) is 0 Å². The number of ether oxygens (including phenoxy) is 1. The summed E-state index contributed by atoms with van der Waals surface area (Å²) in [5.41, 5.74) is 0. The Kier molecular flexibility index (Phi) is 10.3. The summed E-state index contributed by atoms with van der Waals surface area (Å²) in [5, 5.41) is 0. The van der Waals surface area contributed by atoms with Crippen molar-refractivity contribution < 1.29 is 4.74 Å². The van der Waals surface area contributed by atoms with Gasteiger partial charge in [-0.25, -0.2) is 0 Å². The van der Waals surface area contributed by atoms with Crippen molar-refractivity contribution in [1.82, 2.24) is 0 Å². The molecule has 0 N–H and O–H groups in total. The Morgan fingerprint density at radius 3 is 2.14 bits per heavy atom. The number of allylic oxidation sites excluding steroid dienone is 2. The van der Waals surface area contributed by atoms with Gasteiger partial charge >= 0.3 is 0 Å². The summed E-state index contributed by atoms with van der Waals surface area (Å²) in [6.45, 7) is 7.18. The molecule has 0 aliphatic heterocycles. The lowest BCUT2D eigenvalue weighted by Gasteiger charge is -2.05. The third-order valence-corrected chi connectivity index (χ3v) is 2.48. The fraction of sp³-hybridized carbons (Fsp3) is 0.846. The van der Waals surface area contributed by atoms with E-state index in [1.165, 1.54) is 44.9 Å². The predicted molar refractivity (Wildman–Crippen MR) is 63.4 cm³/mol. The van der Waals surface area contributed by atoms with Crippen molar-refractivity contribution in [3.63, 3.8) is 0 Å². The standard InChI is InChI=1S/C13H26O/c1-4-6-7-8-9-10-11-12-14-13(3)5-2/h5H,4,6-12H2,1-3H3. The molecule has 0 saturated heterocycles. The molecule has 0 bridgehead atoms. The molecule has 0 radical (unpaired) electrons. The molecule has 1 heteroatoms. The summed E-state index contributed by atoms with van der Waals surface area (Å²) in [6.07, 6.45) is 11.5. The number of hydrogen-bond acceptors (Lipinski definition) is 1. The van der Waals surface area contributed by atoms with Crippen molar-refractivity contribution in [2.24, 2.45) is 0 Å². The summed E-state index contributed by atoms with van der Waals surface area (Å²) >= 11 is 0. The van der Waals surface area contributed by atoms with Gasteiger partial charge in [0.25, 0.3) is 0 Å². The zero-order valence-electron chi connectivity index (χ0n) is 10.1. The highest BCUT2D eigenvalue weighted by atomic mass is 16.5. The van der Waals surface area contributed by atoms with Gasteiger partial charge in [-0.1, -0.05) is 51.5 Å². The van der Waals surface area contributed by atoms with Crippen molar-refractivity contribution in [3.05, 3.63) is 11.8 Å². The summed E-state index contributed by atoms with van der Waals surface area (Å²) in [5.74, 6) is 1.05. The van der Waals surface area contributed by atoms with Crippen molar-refractivity contribution in [2.75, 3.05) is 6.61 Å². The molecule has 0 heterocycles. The maximum atomic E-state index is 5.48. The van der Waals surface area contributed by atoms with Crippen molar-refractivity contribution >= 4 is 0 Å². The maximum Gasteiger partial charge on any atom is 0.0886 e. The summed E-state index contributed by atoms with van der Waals surface area (Å²) in [6, 6.07) is 0. The first-order valence-corrected chi connectivity index (χ1v) is 6.07. The Morgan fingerprint density at radius 1 is 1.00 bits per heavy atom. The van der Waals surface area contributed by atoms with Gasteiger partial charge in [0.15, 0.2) is 0 Å². The van der Waals surface area contributed by atoms with Crippen LogP contribution in [0.25, 0.3) is 0 Å². The van der Waals surface area contributed by atoms with Gasteiger partial charge in [-0.15, -0.1) is 0 Å². The first kappa shape index (κ1) is 13.5. The van der Waals surface area contributed by atoms with E-state index in [1.54, 1.807) is 0 Å². The van der Waals surface area contributed by atoms with Crippen molar-refractivity contribution in [2.45, 2.75) is 65.7 Å². The normalized spacial score (nSPS) is 11.8. The Labute approximate surface area is 89.5 Å². The minimum atomic E-state index is 0.893. The molecule has 0 rings (SSSR count). The van der Waals surface area contributed by atoms with E-state index in [9.17, 15) is 0 Å². The molecule has 1 nitrogen and oxygen atoms in total. The lowest BCUT2D eigenvalue weighted by molar-refractivity contribution is 0.206. The van der Waals surface area contributed by atoms with Crippen molar-refractivity contribution in [1.29, 1.82) is 0 Å². The molecule has 0 aromatic heterocycles. The highest BCUT2D eigenvalue weighted by Gasteiger charge is 1.91. The van der Waals surface area contributed by atoms with Crippen LogP contribution in [0.4, 0.5) is 0 Å². The number of hydrogen-bond donors (Lipinski definition) is 0. The molecule has 0 saturated carbocycles. The van der Waals surface area contributed by atoms with Gasteiger partial charge in [-0.3, -0.25) is 0 Å². The second kappa shape index (κ2) is 10.6. The van der Waals surface area contributed by atoms with E-state index >= 15 is 0 Å². The van der Waals surface area contributed by atoms with Crippen LogP contribution in [0.1, 0.15) is 65.7 Å². The van der Waals surface area contributed by atoms with Crippen LogP contribution < -0.4 is 0 Å². The fourth-order valence-electron chi connectivity index (χ4n) is 1.38. The third kappa shape index (κ3) is 9.63. The predicted octanol–water partition coefficient (Wildman–Crippen LogP) is 4.68. The van der Waals surface area contributed by atoms with Gasteiger partial charge in [0.1, 0.15) is 0 Å². The molecule has 0 fully saturated rings. The Bertz CT molecular complexity index is 138. The molecule has 0 aromatic rings. The molecule has 0 amide bonds. The van der Waals surface area contributed by atoms with E-state index in [0.717, 1.165) is 12.4 Å². The van der Waals surface area contributed by atoms with E-state index < -0.39 is 0 Å². The van der Waals surface area contributed by atoms with E-state index in [1.807, 2.05) is 19.9 Å². The van der Waals surface area contributed by atoms with E-state index in [4.69, 9.17) is 4.74 Å². The molecular formula is C13H26O. The van der Waals surface area contributed by atoms with Gasteiger partial charge in [-0.2, -0.15) is 0 Å². The second-order valence-electron chi connectivity index (χ2n) is 3.87. The topological polar surface area (TPSA) is 9.23 Å². The van der Waals surface area contributed by atoms with Gasteiger partial charge in [-0.05, 0) is 20.3 Å². The maximum absolute atomic E-state index is 5.48. The largest absolute Gasteiger partial charge is 0.499 e. The highest BCUT2D eigenvalue weighted by Crippen LogP contribution is 2.07. The quantitative estimate of drug-likeness (QED) is 0.386. The van der Waals surface area contributed by atoms with Gasteiger partial charge in [0, 0.05) is 0 Å². The summed E-state index contributed by atoms with van der Waals surface area (Å²) < 4.78 is 5.48. The molecule has 0 atom stereocenters. The van der Waals surface area contributed by atoms with Gasteiger partial charge in [0.2, 0.25) is 0 Å². The summed E-state index contributed by atoms with van der Waals surface area (Å²) in [4.78, 5) is 0. The van der Waals surface area contributed by atoms with Crippen LogP contribution in [0.5, 0.6) is 0 Å². The number of unbranched alkanes of at least 4 members (excludes halogenated alkanes) is 6. The molecule has 0 aliphatic rings. The molecular weight excluding hydrogens is 172 g/mol. The minimum absolute atomic E-state index is 0.893. The van der Waals surface area contributed by atoms with Crippen LogP contribution in [0.15, 0.2) is 11.8 Å². The number of rotatable bonds is 9. The average molecular weight is 198 g/mol. The zero-order valence-corrected chi connectivity index (χ0v) is 10.1. The van der Waals surface area contributed by atoms with E-state index in [0.29, 0.717) is 0 Å². The van der Waals surface area contributed by atoms with Gasteiger partial charge < -0.3 is 4.74 Å². The Hall–Kier alpha value is -0.460. The first-order valence-electron chi connectivity index (χ1n) is 6.07. The third-order valence-electron chi connectivity index (χ3n) is 2.48. The van der Waals surface area contributed by atoms with Crippen LogP contribution in [-0.2, 0) is 4.74 Å². The SMILES string of the molecule is CC=C(C)OCCCCCCCCC. The Morgan fingerprint density at radius 2 is 1.57 bits per heavy atom. The minimum Gasteiger partial charge on any atom is -0.499 e. The van der Waals surface area contributed by atoms with Gasteiger partial charge in [0.05, 0.1) is 12.4 Å².